The van der Waals surface area contributed by atoms with Crippen LogP contribution >= 0.6 is 11.6 Å². The quantitative estimate of drug-likeness (QED) is 0.147. The van der Waals surface area contributed by atoms with Crippen molar-refractivity contribution < 1.29 is 36.2 Å². The number of aryl methyl sites for hydroxylation is 1. The average molecular weight is 761 g/mol. The van der Waals surface area contributed by atoms with E-state index in [1.807, 2.05) is 4.90 Å². The fourth-order valence-corrected chi connectivity index (χ4v) is 8.24. The monoisotopic (exact) mass is 760 g/mol. The van der Waals surface area contributed by atoms with Crippen LogP contribution in [0.5, 0.6) is 6.01 Å². The predicted molar refractivity (Wildman–Crippen MR) is 185 cm³/mol. The molecule has 2 fully saturated rings. The number of fused-ring (bicyclic) bond motifs is 3. The Morgan fingerprint density at radius 3 is 2.66 bits per heavy atom. The summed E-state index contributed by atoms with van der Waals surface area (Å²) in [7, 11) is 3.20. The van der Waals surface area contributed by atoms with Crippen molar-refractivity contribution in [1.82, 2.24) is 29.5 Å². The molecule has 1 aromatic carbocycles. The number of carbonyl (C=O) groups excluding carboxylic acids is 1. The first-order valence-corrected chi connectivity index (χ1v) is 17.6. The van der Waals surface area contributed by atoms with Crippen LogP contribution in [-0.2, 0) is 37.0 Å². The van der Waals surface area contributed by atoms with E-state index in [-0.39, 0.29) is 60.0 Å². The van der Waals surface area contributed by atoms with Crippen molar-refractivity contribution in [1.29, 1.82) is 0 Å². The van der Waals surface area contributed by atoms with E-state index in [0.29, 0.717) is 36.6 Å². The van der Waals surface area contributed by atoms with Gasteiger partial charge in [-0.15, -0.1) is 5.92 Å². The van der Waals surface area contributed by atoms with E-state index < -0.39 is 46.3 Å². The van der Waals surface area contributed by atoms with Crippen LogP contribution < -0.4 is 15.4 Å². The number of nitrogen functional groups attached to an aromatic ring is 1. The number of hydrogen-bond donors (Lipinski definition) is 1. The number of aromatic nitrogens is 4. The molecule has 0 unspecified atom stereocenters. The number of hydrogen-bond acceptors (Lipinski definition) is 9. The Morgan fingerprint density at radius 2 is 1.94 bits per heavy atom. The zero-order chi connectivity index (χ0) is 38.0. The molecule has 0 saturated carbocycles. The molecule has 17 heteroatoms. The molecule has 53 heavy (non-hydrogen) atoms. The predicted octanol–water partition coefficient (Wildman–Crippen LogP) is 5.68. The highest BCUT2D eigenvalue weighted by atomic mass is 35.5. The van der Waals surface area contributed by atoms with Gasteiger partial charge in [-0.1, -0.05) is 29.7 Å². The molecule has 7 rings (SSSR count). The van der Waals surface area contributed by atoms with Gasteiger partial charge in [-0.25, -0.2) is 8.78 Å². The zero-order valence-electron chi connectivity index (χ0n) is 29.5. The molecule has 2 N–H and O–H groups in total. The number of anilines is 2. The number of ether oxygens (including phenoxy) is 2. The van der Waals surface area contributed by atoms with Crippen LogP contribution in [-0.4, -0.2) is 81.3 Å². The summed E-state index contributed by atoms with van der Waals surface area (Å²) in [4.78, 5) is 28.0. The molecule has 0 bridgehead atoms. The minimum atomic E-state index is -5.20. The standard InChI is InChI=1S/C36H38ClF5N8O3/c1-5-8-20-26(36(40,41)42)25(29(39)30(43)28(20)38)24-13-22-21(17-52-24)32(45-34(44-22)53-18-35-9-6-11-49(35)15-19(2)14-35)48-10-7-12-50-23(16-48)27(37)31(46-50)33(51)47(3)4/h24H,2,6-7,9-18,43H2,1,3-4H3/t24-,35-/m0/s1. The molecule has 2 atom stereocenters. The molecule has 0 radical (unpaired) electrons. The van der Waals surface area contributed by atoms with Crippen LogP contribution in [0.2, 0.25) is 5.02 Å². The molecule has 0 spiro atoms. The van der Waals surface area contributed by atoms with E-state index in [1.54, 1.807) is 18.8 Å². The Labute approximate surface area is 307 Å². The summed E-state index contributed by atoms with van der Waals surface area (Å²) >= 11 is 6.75. The highest BCUT2D eigenvalue weighted by Gasteiger charge is 2.47. The minimum Gasteiger partial charge on any atom is -0.461 e. The molecule has 6 heterocycles. The van der Waals surface area contributed by atoms with Gasteiger partial charge < -0.3 is 25.0 Å². The van der Waals surface area contributed by atoms with Gasteiger partial charge in [0.05, 0.1) is 52.3 Å². The summed E-state index contributed by atoms with van der Waals surface area (Å²) in [6.45, 7) is 8.11. The molecular formula is C36H38ClF5N8O3. The van der Waals surface area contributed by atoms with Gasteiger partial charge in [0.1, 0.15) is 18.1 Å². The van der Waals surface area contributed by atoms with E-state index in [1.165, 1.54) is 11.8 Å². The molecule has 282 valence electrons. The summed E-state index contributed by atoms with van der Waals surface area (Å²) < 4.78 is 88.6. The Balaban J connectivity index is 1.31. The average Bonchev–Trinajstić information content (AvgIpc) is 3.68. The lowest BCUT2D eigenvalue weighted by Crippen LogP contribution is -2.43. The zero-order valence-corrected chi connectivity index (χ0v) is 30.2. The second-order valence-corrected chi connectivity index (χ2v) is 14.5. The Morgan fingerprint density at radius 1 is 1.17 bits per heavy atom. The van der Waals surface area contributed by atoms with Gasteiger partial charge in [0.15, 0.2) is 17.3 Å². The molecule has 11 nitrogen and oxygen atoms in total. The van der Waals surface area contributed by atoms with Crippen LogP contribution in [0, 0.1) is 23.5 Å². The third-order valence-electron chi connectivity index (χ3n) is 10.4. The lowest BCUT2D eigenvalue weighted by Gasteiger charge is -2.33. The third-order valence-corrected chi connectivity index (χ3v) is 10.8. The third kappa shape index (κ3) is 6.46. The number of carbonyl (C=O) groups is 1. The highest BCUT2D eigenvalue weighted by molar-refractivity contribution is 6.34. The van der Waals surface area contributed by atoms with Gasteiger partial charge in [0.25, 0.3) is 5.91 Å². The number of rotatable bonds is 6. The van der Waals surface area contributed by atoms with Gasteiger partial charge in [-0.3, -0.25) is 14.4 Å². The lowest BCUT2D eigenvalue weighted by molar-refractivity contribution is -0.140. The van der Waals surface area contributed by atoms with Crippen LogP contribution in [0.1, 0.15) is 82.8 Å². The summed E-state index contributed by atoms with van der Waals surface area (Å²) in [6.07, 6.45) is -3.89. The van der Waals surface area contributed by atoms with Crippen LogP contribution in [0.15, 0.2) is 12.2 Å². The van der Waals surface area contributed by atoms with Crippen molar-refractivity contribution in [2.24, 2.45) is 0 Å². The molecule has 2 aromatic heterocycles. The first-order chi connectivity index (χ1) is 25.1. The van der Waals surface area contributed by atoms with E-state index in [0.717, 1.165) is 37.9 Å². The van der Waals surface area contributed by atoms with Crippen LogP contribution in [0.4, 0.5) is 33.5 Å². The van der Waals surface area contributed by atoms with Crippen molar-refractivity contribution in [3.63, 3.8) is 0 Å². The summed E-state index contributed by atoms with van der Waals surface area (Å²) in [5, 5.41) is 4.68. The SMILES string of the molecule is C=C1CN2CCC[C@@]2(COc2nc3c(c(N4CCCn5nc(C(=O)N(C)C)c(Cl)c5C4)n2)CO[C@H](c2c(F)c(N)c(F)c(C#CC)c2C(F)(F)F)C3)C1. The van der Waals surface area contributed by atoms with Crippen molar-refractivity contribution in [2.45, 2.75) is 76.5 Å². The largest absolute Gasteiger partial charge is 0.461 e. The summed E-state index contributed by atoms with van der Waals surface area (Å²) in [5.74, 6) is 1.26. The fourth-order valence-electron chi connectivity index (χ4n) is 7.97. The molecule has 1 amide bonds. The first kappa shape index (κ1) is 36.9. The molecule has 4 aliphatic heterocycles. The maximum Gasteiger partial charge on any atom is 0.418 e. The molecule has 3 aromatic rings. The van der Waals surface area contributed by atoms with E-state index in [9.17, 15) is 18.0 Å². The van der Waals surface area contributed by atoms with Gasteiger partial charge in [-0.05, 0) is 39.2 Å². The Kier molecular flexibility index (Phi) is 9.57. The van der Waals surface area contributed by atoms with Crippen molar-refractivity contribution in [2.75, 3.05) is 51.0 Å². The number of amides is 1. The van der Waals surface area contributed by atoms with Crippen molar-refractivity contribution in [3.05, 3.63) is 68.1 Å². The van der Waals surface area contributed by atoms with Gasteiger partial charge >= 0.3 is 12.2 Å². The van der Waals surface area contributed by atoms with E-state index >= 15 is 8.78 Å². The Hall–Kier alpha value is -4.46. The number of nitrogens with two attached hydrogens (primary N) is 1. The minimum absolute atomic E-state index is 0.0156. The van der Waals surface area contributed by atoms with Crippen molar-refractivity contribution in [3.8, 4) is 17.9 Å². The van der Waals surface area contributed by atoms with E-state index in [2.05, 4.69) is 33.4 Å². The number of alkyl halides is 3. The summed E-state index contributed by atoms with van der Waals surface area (Å²) in [5.41, 5.74) is 3.22. The van der Waals surface area contributed by atoms with Crippen molar-refractivity contribution >= 4 is 29.0 Å². The lowest BCUT2D eigenvalue weighted by atomic mass is 9.90. The summed E-state index contributed by atoms with van der Waals surface area (Å²) in [6, 6.07) is -0.0156. The topological polar surface area (TPSA) is 115 Å². The smallest absolute Gasteiger partial charge is 0.418 e. The van der Waals surface area contributed by atoms with Crippen LogP contribution in [0.3, 0.4) is 0 Å². The molecular weight excluding hydrogens is 723 g/mol. The number of nitrogens with zero attached hydrogens (tertiary/aromatic N) is 7. The maximum absolute atomic E-state index is 15.7. The Bertz CT molecular complexity index is 2080. The van der Waals surface area contributed by atoms with Gasteiger partial charge in [0, 0.05) is 51.3 Å². The molecule has 4 aliphatic rings. The normalized spacial score (nSPS) is 21.4. The number of benzene rings is 1. The second-order valence-electron chi connectivity index (χ2n) is 14.1. The van der Waals surface area contributed by atoms with Gasteiger partial charge in [-0.2, -0.15) is 28.2 Å². The van der Waals surface area contributed by atoms with E-state index in [4.69, 9.17) is 31.8 Å². The highest BCUT2D eigenvalue weighted by Crippen LogP contribution is 2.46. The number of halogens is 6. The van der Waals surface area contributed by atoms with Crippen LogP contribution in [0.25, 0.3) is 0 Å². The molecule has 0 aliphatic carbocycles. The van der Waals surface area contributed by atoms with Gasteiger partial charge in [0.2, 0.25) is 0 Å². The first-order valence-electron chi connectivity index (χ1n) is 17.2. The fraction of sp³-hybridized carbons (Fsp3) is 0.500. The maximum atomic E-state index is 15.7. The molecule has 2 saturated heterocycles. The second kappa shape index (κ2) is 13.7.